The average Bonchev–Trinajstić information content (AvgIpc) is 2.36. The lowest BCUT2D eigenvalue weighted by Gasteiger charge is -2.10. The van der Waals surface area contributed by atoms with E-state index in [0.29, 0.717) is 5.02 Å². The van der Waals surface area contributed by atoms with Crippen molar-refractivity contribution in [2.45, 2.75) is 6.92 Å². The topological polar surface area (TPSA) is 49.3 Å². The van der Waals surface area contributed by atoms with Crippen molar-refractivity contribution >= 4 is 28.9 Å². The van der Waals surface area contributed by atoms with Crippen LogP contribution in [0.15, 0.2) is 42.5 Å². The molecule has 0 radical (unpaired) electrons. The van der Waals surface area contributed by atoms with Crippen molar-refractivity contribution < 1.29 is 9.90 Å². The summed E-state index contributed by atoms with van der Waals surface area (Å²) in [5.41, 5.74) is 2.96. The molecule has 18 heavy (non-hydrogen) atoms. The molecule has 0 atom stereocenters. The summed E-state index contributed by atoms with van der Waals surface area (Å²) in [6.07, 6.45) is 0. The number of halogens is 1. The second-order valence-electron chi connectivity index (χ2n) is 3.92. The molecule has 2 aromatic carbocycles. The first kappa shape index (κ1) is 12.5. The Bertz CT molecular complexity index is 579. The second kappa shape index (κ2) is 5.10. The fraction of sp³-hybridized carbons (Fsp3) is 0.0714. The van der Waals surface area contributed by atoms with E-state index in [1.54, 1.807) is 24.3 Å². The van der Waals surface area contributed by atoms with Gasteiger partial charge in [-0.15, -0.1) is 0 Å². The molecule has 0 aliphatic rings. The summed E-state index contributed by atoms with van der Waals surface area (Å²) in [7, 11) is 0. The lowest BCUT2D eigenvalue weighted by atomic mass is 10.1. The monoisotopic (exact) mass is 261 g/mol. The maximum absolute atomic E-state index is 10.7. The molecule has 0 aliphatic heterocycles. The van der Waals surface area contributed by atoms with Gasteiger partial charge in [-0.05, 0) is 48.9 Å². The van der Waals surface area contributed by atoms with Gasteiger partial charge in [0.25, 0.3) is 0 Å². The van der Waals surface area contributed by atoms with E-state index in [2.05, 4.69) is 5.32 Å². The molecule has 0 saturated carbocycles. The van der Waals surface area contributed by atoms with Crippen LogP contribution in [0.1, 0.15) is 15.9 Å². The number of anilines is 2. The van der Waals surface area contributed by atoms with Crippen LogP contribution in [0, 0.1) is 6.92 Å². The summed E-state index contributed by atoms with van der Waals surface area (Å²) in [5, 5.41) is 12.7. The number of benzene rings is 2. The molecule has 0 fully saturated rings. The van der Waals surface area contributed by atoms with E-state index in [1.165, 1.54) is 0 Å². The minimum Gasteiger partial charge on any atom is -0.478 e. The Morgan fingerprint density at radius 2 is 1.83 bits per heavy atom. The number of carbonyl (C=O) groups is 1. The van der Waals surface area contributed by atoms with E-state index >= 15 is 0 Å². The van der Waals surface area contributed by atoms with Gasteiger partial charge >= 0.3 is 5.97 Å². The SMILES string of the molecule is Cc1c(Cl)cccc1Nc1ccc(C(=O)O)cc1. The highest BCUT2D eigenvalue weighted by Gasteiger charge is 2.04. The maximum atomic E-state index is 10.7. The van der Waals surface area contributed by atoms with Crippen molar-refractivity contribution in [1.29, 1.82) is 0 Å². The molecule has 2 N–H and O–H groups in total. The first-order valence-corrected chi connectivity index (χ1v) is 5.81. The Balaban J connectivity index is 2.24. The zero-order valence-electron chi connectivity index (χ0n) is 9.77. The summed E-state index contributed by atoms with van der Waals surface area (Å²) in [4.78, 5) is 10.7. The molecule has 0 aromatic heterocycles. The van der Waals surface area contributed by atoms with Crippen LogP contribution in [0.4, 0.5) is 11.4 Å². The summed E-state index contributed by atoms with van der Waals surface area (Å²) in [6.45, 7) is 1.93. The summed E-state index contributed by atoms with van der Waals surface area (Å²) >= 11 is 6.03. The third-order valence-corrected chi connectivity index (χ3v) is 3.09. The molecule has 0 spiro atoms. The summed E-state index contributed by atoms with van der Waals surface area (Å²) < 4.78 is 0. The van der Waals surface area contributed by atoms with Crippen molar-refractivity contribution in [2.24, 2.45) is 0 Å². The van der Waals surface area contributed by atoms with Gasteiger partial charge in [0.15, 0.2) is 0 Å². The summed E-state index contributed by atoms with van der Waals surface area (Å²) in [6, 6.07) is 12.2. The standard InChI is InChI=1S/C14H12ClNO2/c1-9-12(15)3-2-4-13(9)16-11-7-5-10(6-8-11)14(17)18/h2-8,16H,1H3,(H,17,18). The van der Waals surface area contributed by atoms with Gasteiger partial charge in [-0.3, -0.25) is 0 Å². The number of hydrogen-bond donors (Lipinski definition) is 2. The number of aromatic carboxylic acids is 1. The number of carboxylic acid groups (broad SMARTS) is 1. The Kier molecular flexibility index (Phi) is 3.53. The van der Waals surface area contributed by atoms with E-state index in [0.717, 1.165) is 16.9 Å². The fourth-order valence-corrected chi connectivity index (χ4v) is 1.77. The second-order valence-corrected chi connectivity index (χ2v) is 4.33. The quantitative estimate of drug-likeness (QED) is 0.875. The maximum Gasteiger partial charge on any atom is 0.335 e. The van der Waals surface area contributed by atoms with Gasteiger partial charge in [0, 0.05) is 16.4 Å². The van der Waals surface area contributed by atoms with Gasteiger partial charge < -0.3 is 10.4 Å². The minimum absolute atomic E-state index is 0.267. The lowest BCUT2D eigenvalue weighted by molar-refractivity contribution is 0.0697. The van der Waals surface area contributed by atoms with Crippen molar-refractivity contribution in [3.05, 3.63) is 58.6 Å². The van der Waals surface area contributed by atoms with Gasteiger partial charge in [-0.25, -0.2) is 4.79 Å². The molecule has 2 aromatic rings. The number of carboxylic acids is 1. The smallest absolute Gasteiger partial charge is 0.335 e. The zero-order valence-corrected chi connectivity index (χ0v) is 10.5. The summed E-state index contributed by atoms with van der Waals surface area (Å²) in [5.74, 6) is -0.930. The molecule has 4 heteroatoms. The Labute approximate surface area is 110 Å². The van der Waals surface area contributed by atoms with Crippen LogP contribution in [0.3, 0.4) is 0 Å². The number of nitrogens with one attached hydrogen (secondary N) is 1. The van der Waals surface area contributed by atoms with Gasteiger partial charge in [0.1, 0.15) is 0 Å². The zero-order chi connectivity index (χ0) is 13.1. The predicted octanol–water partition coefficient (Wildman–Crippen LogP) is 4.09. The molecule has 0 unspecified atom stereocenters. The molecule has 92 valence electrons. The normalized spacial score (nSPS) is 10.1. The van der Waals surface area contributed by atoms with Crippen LogP contribution in [0.25, 0.3) is 0 Å². The molecule has 3 nitrogen and oxygen atoms in total. The number of hydrogen-bond acceptors (Lipinski definition) is 2. The first-order chi connectivity index (χ1) is 8.58. The van der Waals surface area contributed by atoms with Crippen molar-refractivity contribution in [3.63, 3.8) is 0 Å². The first-order valence-electron chi connectivity index (χ1n) is 5.43. The third-order valence-electron chi connectivity index (χ3n) is 2.68. The molecule has 0 saturated heterocycles. The van der Waals surface area contributed by atoms with E-state index < -0.39 is 5.97 Å². The predicted molar refractivity (Wildman–Crippen MR) is 72.9 cm³/mol. The van der Waals surface area contributed by atoms with Gasteiger partial charge in [-0.2, -0.15) is 0 Å². The fourth-order valence-electron chi connectivity index (χ4n) is 1.59. The van der Waals surface area contributed by atoms with Crippen molar-refractivity contribution in [3.8, 4) is 0 Å². The lowest BCUT2D eigenvalue weighted by Crippen LogP contribution is -1.97. The van der Waals surface area contributed by atoms with Gasteiger partial charge in [-0.1, -0.05) is 17.7 Å². The highest BCUT2D eigenvalue weighted by atomic mass is 35.5. The van der Waals surface area contributed by atoms with Crippen molar-refractivity contribution in [1.82, 2.24) is 0 Å². The average molecular weight is 262 g/mol. The van der Waals surface area contributed by atoms with Crippen molar-refractivity contribution in [2.75, 3.05) is 5.32 Å². The minimum atomic E-state index is -0.930. The van der Waals surface area contributed by atoms with E-state index in [-0.39, 0.29) is 5.56 Å². The molecule has 0 amide bonds. The van der Waals surface area contributed by atoms with E-state index in [4.69, 9.17) is 16.7 Å². The van der Waals surface area contributed by atoms with Crippen LogP contribution >= 0.6 is 11.6 Å². The van der Waals surface area contributed by atoms with Crippen LogP contribution in [0.5, 0.6) is 0 Å². The van der Waals surface area contributed by atoms with Crippen LogP contribution < -0.4 is 5.32 Å². The van der Waals surface area contributed by atoms with Crippen LogP contribution in [0.2, 0.25) is 5.02 Å². The molecule has 0 heterocycles. The largest absolute Gasteiger partial charge is 0.478 e. The molecule has 2 rings (SSSR count). The molecular weight excluding hydrogens is 250 g/mol. The molecule has 0 bridgehead atoms. The van der Waals surface area contributed by atoms with E-state index in [1.807, 2.05) is 25.1 Å². The Morgan fingerprint density at radius 3 is 2.44 bits per heavy atom. The van der Waals surface area contributed by atoms with Gasteiger partial charge in [0.2, 0.25) is 0 Å². The van der Waals surface area contributed by atoms with Gasteiger partial charge in [0.05, 0.1) is 5.56 Å². The molecule has 0 aliphatic carbocycles. The highest BCUT2D eigenvalue weighted by molar-refractivity contribution is 6.31. The number of rotatable bonds is 3. The molecular formula is C14H12ClNO2. The van der Waals surface area contributed by atoms with Crippen LogP contribution in [-0.4, -0.2) is 11.1 Å². The Hall–Kier alpha value is -2.00. The highest BCUT2D eigenvalue weighted by Crippen LogP contribution is 2.26. The Morgan fingerprint density at radius 1 is 1.17 bits per heavy atom. The van der Waals surface area contributed by atoms with E-state index in [9.17, 15) is 4.79 Å². The van der Waals surface area contributed by atoms with Crippen LogP contribution in [-0.2, 0) is 0 Å². The third kappa shape index (κ3) is 2.63.